The van der Waals surface area contributed by atoms with Crippen molar-refractivity contribution in [1.82, 2.24) is 20.5 Å². The molecule has 8 nitrogen and oxygen atoms in total. The first-order valence-corrected chi connectivity index (χ1v) is 10.7. The average Bonchev–Trinajstić information content (AvgIpc) is 3.20. The Morgan fingerprint density at radius 2 is 2.17 bits per heavy atom. The van der Waals surface area contributed by atoms with E-state index in [-0.39, 0.29) is 42.0 Å². The number of halogens is 1. The van der Waals surface area contributed by atoms with Gasteiger partial charge < -0.3 is 25.2 Å². The van der Waals surface area contributed by atoms with Crippen molar-refractivity contribution in [3.8, 4) is 0 Å². The second kappa shape index (κ2) is 12.3. The number of aromatic nitrogens is 1. The van der Waals surface area contributed by atoms with Gasteiger partial charge in [0.05, 0.1) is 19.3 Å². The SMILES string of the molecule is CCNC(=NCc1ccnc(N2CCOC(C)C2)c1)NC1CCN(C(=O)CC)C1.I. The largest absolute Gasteiger partial charge is 0.375 e. The molecule has 30 heavy (non-hydrogen) atoms. The molecule has 3 rings (SSSR count). The lowest BCUT2D eigenvalue weighted by molar-refractivity contribution is -0.129. The van der Waals surface area contributed by atoms with Crippen LogP contribution in [-0.4, -0.2) is 73.2 Å². The number of anilines is 1. The number of ether oxygens (including phenoxy) is 1. The van der Waals surface area contributed by atoms with Gasteiger partial charge in [-0.1, -0.05) is 6.92 Å². The minimum absolute atomic E-state index is 0. The van der Waals surface area contributed by atoms with Gasteiger partial charge in [0.25, 0.3) is 0 Å². The summed E-state index contributed by atoms with van der Waals surface area (Å²) in [6, 6.07) is 4.37. The highest BCUT2D eigenvalue weighted by Gasteiger charge is 2.25. The zero-order valence-electron chi connectivity index (χ0n) is 18.3. The Bertz CT molecular complexity index is 716. The molecule has 1 aromatic rings. The van der Waals surface area contributed by atoms with Gasteiger partial charge in [0, 0.05) is 51.4 Å². The number of rotatable bonds is 6. The Morgan fingerprint density at radius 3 is 2.90 bits per heavy atom. The van der Waals surface area contributed by atoms with Gasteiger partial charge in [-0.3, -0.25) is 4.79 Å². The second-order valence-corrected chi connectivity index (χ2v) is 7.67. The monoisotopic (exact) mass is 530 g/mol. The molecule has 0 radical (unpaired) electrons. The smallest absolute Gasteiger partial charge is 0.222 e. The van der Waals surface area contributed by atoms with Crippen LogP contribution in [0, 0.1) is 0 Å². The van der Waals surface area contributed by atoms with Crippen LogP contribution in [0.3, 0.4) is 0 Å². The summed E-state index contributed by atoms with van der Waals surface area (Å²) in [6.07, 6.45) is 3.59. The van der Waals surface area contributed by atoms with E-state index in [4.69, 9.17) is 9.73 Å². The van der Waals surface area contributed by atoms with Gasteiger partial charge in [-0.15, -0.1) is 24.0 Å². The number of amides is 1. The molecule has 0 spiro atoms. The lowest BCUT2D eigenvalue weighted by atomic mass is 10.2. The van der Waals surface area contributed by atoms with E-state index in [9.17, 15) is 4.79 Å². The Hall–Kier alpha value is -1.62. The Kier molecular flexibility index (Phi) is 10.1. The third-order valence-corrected chi connectivity index (χ3v) is 5.32. The first-order chi connectivity index (χ1) is 14.1. The van der Waals surface area contributed by atoms with Crippen molar-refractivity contribution in [3.63, 3.8) is 0 Å². The first-order valence-electron chi connectivity index (χ1n) is 10.7. The van der Waals surface area contributed by atoms with E-state index in [0.29, 0.717) is 13.0 Å². The molecule has 0 aromatic carbocycles. The van der Waals surface area contributed by atoms with Gasteiger partial charge in [-0.2, -0.15) is 0 Å². The molecule has 3 heterocycles. The Labute approximate surface area is 196 Å². The molecule has 2 N–H and O–H groups in total. The molecular weight excluding hydrogens is 495 g/mol. The number of carbonyl (C=O) groups is 1. The van der Waals surface area contributed by atoms with Crippen LogP contribution in [0.25, 0.3) is 0 Å². The molecule has 0 aliphatic carbocycles. The van der Waals surface area contributed by atoms with Crippen molar-refractivity contribution in [2.24, 2.45) is 4.99 Å². The molecule has 2 fully saturated rings. The molecule has 0 bridgehead atoms. The highest BCUT2D eigenvalue weighted by molar-refractivity contribution is 14.0. The van der Waals surface area contributed by atoms with Crippen LogP contribution in [0.15, 0.2) is 23.3 Å². The minimum Gasteiger partial charge on any atom is -0.375 e. The number of hydrogen-bond acceptors (Lipinski definition) is 5. The number of likely N-dealkylation sites (tertiary alicyclic amines) is 1. The fraction of sp³-hybridized carbons (Fsp3) is 0.667. The lowest BCUT2D eigenvalue weighted by Crippen LogP contribution is -2.45. The summed E-state index contributed by atoms with van der Waals surface area (Å²) in [5.74, 6) is 2.00. The normalized spacial score (nSPS) is 21.9. The highest BCUT2D eigenvalue weighted by Crippen LogP contribution is 2.17. The molecule has 9 heteroatoms. The molecule has 1 aromatic heterocycles. The van der Waals surface area contributed by atoms with Crippen molar-refractivity contribution in [3.05, 3.63) is 23.9 Å². The maximum atomic E-state index is 11.9. The van der Waals surface area contributed by atoms with Gasteiger partial charge in [0.15, 0.2) is 5.96 Å². The lowest BCUT2D eigenvalue weighted by Gasteiger charge is -2.32. The fourth-order valence-corrected chi connectivity index (χ4v) is 3.77. The third kappa shape index (κ3) is 6.97. The van der Waals surface area contributed by atoms with E-state index >= 15 is 0 Å². The quantitative estimate of drug-likeness (QED) is 0.333. The van der Waals surface area contributed by atoms with Crippen LogP contribution >= 0.6 is 24.0 Å². The molecule has 2 aliphatic heterocycles. The van der Waals surface area contributed by atoms with Crippen LogP contribution in [0.4, 0.5) is 5.82 Å². The molecule has 1 amide bonds. The summed E-state index contributed by atoms with van der Waals surface area (Å²) in [5, 5.41) is 6.80. The van der Waals surface area contributed by atoms with Gasteiger partial charge in [-0.05, 0) is 38.0 Å². The van der Waals surface area contributed by atoms with Gasteiger partial charge in [0.1, 0.15) is 5.82 Å². The molecule has 0 saturated carbocycles. The van der Waals surface area contributed by atoms with E-state index < -0.39 is 0 Å². The zero-order chi connectivity index (χ0) is 20.6. The van der Waals surface area contributed by atoms with Crippen LogP contribution in [0.5, 0.6) is 0 Å². The predicted octanol–water partition coefficient (Wildman–Crippen LogP) is 1.99. The molecule has 168 valence electrons. The number of aliphatic imine (C=N–C) groups is 1. The Balaban J connectivity index is 0.00000320. The van der Waals surface area contributed by atoms with Crippen molar-refractivity contribution in [2.75, 3.05) is 44.2 Å². The van der Waals surface area contributed by atoms with Crippen molar-refractivity contribution in [1.29, 1.82) is 0 Å². The van der Waals surface area contributed by atoms with Crippen molar-refractivity contribution < 1.29 is 9.53 Å². The number of hydrogen-bond donors (Lipinski definition) is 2. The fourth-order valence-electron chi connectivity index (χ4n) is 3.77. The highest BCUT2D eigenvalue weighted by atomic mass is 127. The van der Waals surface area contributed by atoms with E-state index in [1.54, 1.807) is 0 Å². The topological polar surface area (TPSA) is 82.1 Å². The van der Waals surface area contributed by atoms with E-state index in [1.807, 2.05) is 24.1 Å². The molecule has 2 aliphatic rings. The van der Waals surface area contributed by atoms with E-state index in [0.717, 1.165) is 63.1 Å². The maximum absolute atomic E-state index is 11.9. The second-order valence-electron chi connectivity index (χ2n) is 7.67. The van der Waals surface area contributed by atoms with Crippen LogP contribution in [0.2, 0.25) is 0 Å². The number of nitrogens with zero attached hydrogens (tertiary/aromatic N) is 4. The summed E-state index contributed by atoms with van der Waals surface area (Å²) in [4.78, 5) is 25.4. The first kappa shape index (κ1) is 24.6. The Morgan fingerprint density at radius 1 is 1.33 bits per heavy atom. The van der Waals surface area contributed by atoms with E-state index in [2.05, 4.69) is 40.4 Å². The van der Waals surface area contributed by atoms with Gasteiger partial charge in [-0.25, -0.2) is 9.98 Å². The van der Waals surface area contributed by atoms with Crippen LogP contribution < -0.4 is 15.5 Å². The standard InChI is InChI=1S/C21H34N6O2.HI/c1-4-20(28)27-9-7-18(15-27)25-21(22-5-2)24-13-17-6-8-23-19(12-17)26-10-11-29-16(3)14-26;/h6,8,12,16,18H,4-5,7,9-11,13-15H2,1-3H3,(H2,22,24,25);1H. The summed E-state index contributed by atoms with van der Waals surface area (Å²) in [5.41, 5.74) is 1.13. The predicted molar refractivity (Wildman–Crippen MR) is 131 cm³/mol. The van der Waals surface area contributed by atoms with Crippen LogP contribution in [-0.2, 0) is 16.1 Å². The van der Waals surface area contributed by atoms with Crippen molar-refractivity contribution >= 4 is 41.7 Å². The summed E-state index contributed by atoms with van der Waals surface area (Å²) >= 11 is 0. The van der Waals surface area contributed by atoms with E-state index in [1.165, 1.54) is 0 Å². The minimum atomic E-state index is 0. The molecule has 2 unspecified atom stereocenters. The van der Waals surface area contributed by atoms with Crippen molar-refractivity contribution in [2.45, 2.75) is 52.3 Å². The van der Waals surface area contributed by atoms with Crippen LogP contribution in [0.1, 0.15) is 39.2 Å². The summed E-state index contributed by atoms with van der Waals surface area (Å²) in [6.45, 7) is 11.4. The maximum Gasteiger partial charge on any atom is 0.222 e. The number of pyridine rings is 1. The average molecular weight is 530 g/mol. The summed E-state index contributed by atoms with van der Waals surface area (Å²) < 4.78 is 5.63. The zero-order valence-corrected chi connectivity index (χ0v) is 20.6. The van der Waals surface area contributed by atoms with Gasteiger partial charge >= 0.3 is 0 Å². The summed E-state index contributed by atoms with van der Waals surface area (Å²) in [7, 11) is 0. The van der Waals surface area contributed by atoms with Gasteiger partial charge in [0.2, 0.25) is 5.91 Å². The third-order valence-electron chi connectivity index (χ3n) is 5.32. The number of carbonyl (C=O) groups excluding carboxylic acids is 1. The molecule has 2 atom stereocenters. The number of guanidine groups is 1. The number of morpholine rings is 1. The molecule has 2 saturated heterocycles. The molecular formula is C21H35IN6O2. The number of nitrogens with one attached hydrogen (secondary N) is 2.